The summed E-state index contributed by atoms with van der Waals surface area (Å²) in [7, 11) is -4.43. The number of benzene rings is 2. The molecule has 0 saturated carbocycles. The Morgan fingerprint density at radius 2 is 1.57 bits per heavy atom. The van der Waals surface area contributed by atoms with Gasteiger partial charge in [0.2, 0.25) is 0 Å². The molecular weight excluding hydrogens is 295 g/mol. The zero-order valence-electron chi connectivity index (χ0n) is 10.6. The Balaban J connectivity index is 2.30. The number of rotatable bonds is 4. The topological polar surface area (TPSA) is 120 Å². The average Bonchev–Trinajstić information content (AvgIpc) is 2.45. The summed E-state index contributed by atoms with van der Waals surface area (Å²) < 4.78 is 11.3. The quantitative estimate of drug-likeness (QED) is 0.592. The highest BCUT2D eigenvalue weighted by atomic mass is 31.2. The van der Waals surface area contributed by atoms with Gasteiger partial charge in [-0.2, -0.15) is 5.11 Å². The Kier molecular flexibility index (Phi) is 4.28. The van der Waals surface area contributed by atoms with E-state index in [9.17, 15) is 19.1 Å². The standard InChI is InChI=1S/C13H11N2O5P/c16-13(17)9-5-7-10(8-6-9)14-15-11-3-1-2-4-12(11)21(18,19)20/h1-8H,(H,16,17)(H2,18,19,20). The number of carbonyl (C=O) groups is 1. The third kappa shape index (κ3) is 3.82. The van der Waals surface area contributed by atoms with Crippen LogP contribution >= 0.6 is 7.60 Å². The minimum Gasteiger partial charge on any atom is -0.478 e. The monoisotopic (exact) mass is 306 g/mol. The molecule has 3 N–H and O–H groups in total. The zero-order chi connectivity index (χ0) is 15.5. The van der Waals surface area contributed by atoms with Gasteiger partial charge >= 0.3 is 13.6 Å². The molecule has 0 spiro atoms. The predicted octanol–water partition coefficient (Wildman–Crippen LogP) is 2.60. The van der Waals surface area contributed by atoms with E-state index in [-0.39, 0.29) is 16.6 Å². The number of carboxylic acids is 1. The molecule has 0 aliphatic rings. The normalized spacial score (nSPS) is 11.7. The van der Waals surface area contributed by atoms with Gasteiger partial charge in [-0.3, -0.25) is 4.57 Å². The molecule has 0 aliphatic heterocycles. The van der Waals surface area contributed by atoms with Gasteiger partial charge in [-0.1, -0.05) is 12.1 Å². The van der Waals surface area contributed by atoms with Gasteiger partial charge in [0.05, 0.1) is 16.6 Å². The van der Waals surface area contributed by atoms with Gasteiger partial charge in [-0.25, -0.2) is 4.79 Å². The maximum absolute atomic E-state index is 11.3. The summed E-state index contributed by atoms with van der Waals surface area (Å²) in [6, 6.07) is 11.4. The third-order valence-electron chi connectivity index (χ3n) is 2.58. The summed E-state index contributed by atoms with van der Waals surface area (Å²) in [5.41, 5.74) is 0.554. The van der Waals surface area contributed by atoms with Crippen LogP contribution in [0, 0.1) is 0 Å². The Labute approximate surface area is 119 Å². The molecular formula is C13H11N2O5P. The van der Waals surface area contributed by atoms with Crippen molar-refractivity contribution in [2.24, 2.45) is 10.2 Å². The molecule has 0 amide bonds. The van der Waals surface area contributed by atoms with Gasteiger partial charge < -0.3 is 14.9 Å². The average molecular weight is 306 g/mol. The molecule has 21 heavy (non-hydrogen) atoms. The molecule has 8 heteroatoms. The Bertz CT molecular complexity index is 736. The summed E-state index contributed by atoms with van der Waals surface area (Å²) >= 11 is 0. The van der Waals surface area contributed by atoms with Crippen LogP contribution in [-0.2, 0) is 4.57 Å². The van der Waals surface area contributed by atoms with E-state index in [1.807, 2.05) is 0 Å². The number of hydrogen-bond acceptors (Lipinski definition) is 4. The number of hydrogen-bond donors (Lipinski definition) is 3. The molecule has 0 aromatic heterocycles. The van der Waals surface area contributed by atoms with Crippen LogP contribution < -0.4 is 5.30 Å². The van der Waals surface area contributed by atoms with E-state index in [1.54, 1.807) is 6.07 Å². The van der Waals surface area contributed by atoms with E-state index >= 15 is 0 Å². The lowest BCUT2D eigenvalue weighted by atomic mass is 10.2. The van der Waals surface area contributed by atoms with E-state index in [0.717, 1.165) is 0 Å². The summed E-state index contributed by atoms with van der Waals surface area (Å²) in [6.07, 6.45) is 0. The van der Waals surface area contributed by atoms with Gasteiger partial charge in [0.1, 0.15) is 5.69 Å². The number of aromatic carboxylic acids is 1. The van der Waals surface area contributed by atoms with Crippen LogP contribution in [-0.4, -0.2) is 20.9 Å². The van der Waals surface area contributed by atoms with Gasteiger partial charge in [0.25, 0.3) is 0 Å². The van der Waals surface area contributed by atoms with Crippen LogP contribution in [0.5, 0.6) is 0 Å². The third-order valence-corrected chi connectivity index (χ3v) is 3.59. The van der Waals surface area contributed by atoms with E-state index in [1.165, 1.54) is 42.5 Å². The number of azo groups is 1. The fraction of sp³-hybridized carbons (Fsp3) is 0. The first-order valence-corrected chi connectivity index (χ1v) is 7.39. The van der Waals surface area contributed by atoms with Gasteiger partial charge in [-0.05, 0) is 36.4 Å². The first-order chi connectivity index (χ1) is 9.88. The second kappa shape index (κ2) is 5.97. The molecule has 0 aliphatic carbocycles. The van der Waals surface area contributed by atoms with Crippen LogP contribution in [0.3, 0.4) is 0 Å². The molecule has 2 aromatic carbocycles. The molecule has 0 fully saturated rings. The van der Waals surface area contributed by atoms with E-state index in [4.69, 9.17) is 5.11 Å². The SMILES string of the molecule is O=C(O)c1ccc(N=Nc2ccccc2P(=O)(O)O)cc1. The fourth-order valence-corrected chi connectivity index (χ4v) is 2.28. The van der Waals surface area contributed by atoms with E-state index in [0.29, 0.717) is 5.69 Å². The van der Waals surface area contributed by atoms with Crippen LogP contribution in [0.2, 0.25) is 0 Å². The van der Waals surface area contributed by atoms with Crippen molar-refractivity contribution in [3.8, 4) is 0 Å². The molecule has 0 heterocycles. The number of nitrogens with zero attached hydrogens (tertiary/aromatic N) is 2. The molecule has 2 rings (SSSR count). The highest BCUT2D eigenvalue weighted by Crippen LogP contribution is 2.37. The smallest absolute Gasteiger partial charge is 0.358 e. The largest absolute Gasteiger partial charge is 0.478 e. The Morgan fingerprint density at radius 1 is 0.952 bits per heavy atom. The van der Waals surface area contributed by atoms with Crippen molar-refractivity contribution in [3.05, 3.63) is 54.1 Å². The fourth-order valence-electron chi connectivity index (χ4n) is 1.58. The van der Waals surface area contributed by atoms with Crippen molar-refractivity contribution >= 4 is 30.2 Å². The van der Waals surface area contributed by atoms with Crippen molar-refractivity contribution in [2.75, 3.05) is 0 Å². The molecule has 0 radical (unpaired) electrons. The Hall–Kier alpha value is -2.34. The van der Waals surface area contributed by atoms with Gasteiger partial charge in [0, 0.05) is 0 Å². The van der Waals surface area contributed by atoms with Crippen molar-refractivity contribution in [2.45, 2.75) is 0 Å². The summed E-state index contributed by atoms with van der Waals surface area (Å²) in [6.45, 7) is 0. The summed E-state index contributed by atoms with van der Waals surface area (Å²) in [5, 5.41) is 16.2. The van der Waals surface area contributed by atoms with Gasteiger partial charge in [-0.15, -0.1) is 5.11 Å². The van der Waals surface area contributed by atoms with Gasteiger partial charge in [0.15, 0.2) is 0 Å². The minimum atomic E-state index is -4.43. The second-order valence-electron chi connectivity index (χ2n) is 4.08. The first kappa shape index (κ1) is 15.1. The van der Waals surface area contributed by atoms with Crippen molar-refractivity contribution in [3.63, 3.8) is 0 Å². The van der Waals surface area contributed by atoms with Crippen LogP contribution in [0.4, 0.5) is 11.4 Å². The van der Waals surface area contributed by atoms with Crippen molar-refractivity contribution in [1.29, 1.82) is 0 Å². The highest BCUT2D eigenvalue weighted by molar-refractivity contribution is 7.60. The minimum absolute atomic E-state index is 0.0631. The molecule has 0 saturated heterocycles. The molecule has 7 nitrogen and oxygen atoms in total. The van der Waals surface area contributed by atoms with E-state index < -0.39 is 13.6 Å². The van der Waals surface area contributed by atoms with Crippen molar-refractivity contribution in [1.82, 2.24) is 0 Å². The molecule has 2 aromatic rings. The number of carboxylic acid groups (broad SMARTS) is 1. The van der Waals surface area contributed by atoms with Crippen LogP contribution in [0.25, 0.3) is 0 Å². The van der Waals surface area contributed by atoms with Crippen molar-refractivity contribution < 1.29 is 24.3 Å². The Morgan fingerprint density at radius 3 is 2.14 bits per heavy atom. The summed E-state index contributed by atoms with van der Waals surface area (Å²) in [5.74, 6) is -1.05. The molecule has 0 bridgehead atoms. The predicted molar refractivity (Wildman–Crippen MR) is 75.7 cm³/mol. The summed E-state index contributed by atoms with van der Waals surface area (Å²) in [4.78, 5) is 29.1. The molecule has 108 valence electrons. The van der Waals surface area contributed by atoms with Crippen LogP contribution in [0.15, 0.2) is 58.8 Å². The molecule has 0 atom stereocenters. The van der Waals surface area contributed by atoms with E-state index in [2.05, 4.69) is 10.2 Å². The maximum Gasteiger partial charge on any atom is 0.358 e. The maximum atomic E-state index is 11.3. The second-order valence-corrected chi connectivity index (χ2v) is 5.65. The highest BCUT2D eigenvalue weighted by Gasteiger charge is 2.20. The zero-order valence-corrected chi connectivity index (χ0v) is 11.5. The first-order valence-electron chi connectivity index (χ1n) is 5.78. The lowest BCUT2D eigenvalue weighted by Gasteiger charge is -2.05. The lowest BCUT2D eigenvalue weighted by molar-refractivity contribution is 0.0697. The molecule has 0 unspecified atom stereocenters. The lowest BCUT2D eigenvalue weighted by Crippen LogP contribution is -2.03. The van der Waals surface area contributed by atoms with Crippen LogP contribution in [0.1, 0.15) is 10.4 Å².